The van der Waals surface area contributed by atoms with Crippen molar-refractivity contribution in [3.05, 3.63) is 88.4 Å². The fraction of sp³-hybridized carbons (Fsp3) is 0.167. The SMILES string of the molecule is COc1cc(OC)c(C(C#Cc2ccccc2)c2ccc(Cl)cc2)c(OC)c1. The largest absolute Gasteiger partial charge is 0.496 e. The Kier molecular flexibility index (Phi) is 6.47. The Bertz CT molecular complexity index is 961. The molecule has 0 aromatic heterocycles. The van der Waals surface area contributed by atoms with E-state index in [0.29, 0.717) is 22.3 Å². The smallest absolute Gasteiger partial charge is 0.131 e. The number of hydrogen-bond acceptors (Lipinski definition) is 3. The lowest BCUT2D eigenvalue weighted by Gasteiger charge is -2.20. The highest BCUT2D eigenvalue weighted by Gasteiger charge is 2.23. The Hall–Kier alpha value is -3.09. The zero-order valence-electron chi connectivity index (χ0n) is 16.0. The van der Waals surface area contributed by atoms with Gasteiger partial charge in [0.2, 0.25) is 0 Å². The number of benzene rings is 3. The van der Waals surface area contributed by atoms with E-state index in [1.165, 1.54) is 0 Å². The van der Waals surface area contributed by atoms with Crippen molar-refractivity contribution in [1.82, 2.24) is 0 Å². The van der Waals surface area contributed by atoms with Gasteiger partial charge in [-0.2, -0.15) is 0 Å². The molecule has 0 N–H and O–H groups in total. The second kappa shape index (κ2) is 9.21. The van der Waals surface area contributed by atoms with Crippen LogP contribution >= 0.6 is 11.6 Å². The Morgan fingerprint density at radius 1 is 0.786 bits per heavy atom. The minimum atomic E-state index is -0.270. The number of hydrogen-bond donors (Lipinski definition) is 0. The molecule has 3 aromatic carbocycles. The molecule has 0 saturated carbocycles. The van der Waals surface area contributed by atoms with Gasteiger partial charge in [-0.05, 0) is 29.8 Å². The lowest BCUT2D eigenvalue weighted by molar-refractivity contribution is 0.368. The fourth-order valence-electron chi connectivity index (χ4n) is 2.97. The summed E-state index contributed by atoms with van der Waals surface area (Å²) < 4.78 is 16.7. The standard InChI is InChI=1S/C24H21ClO3/c1-26-20-15-22(27-2)24(23(16-20)28-3)21(18-10-12-19(25)13-11-18)14-9-17-7-5-4-6-8-17/h4-8,10-13,15-16,21H,1-3H3. The molecule has 3 nitrogen and oxygen atoms in total. The van der Waals surface area contributed by atoms with Crippen LogP contribution in [0.2, 0.25) is 5.02 Å². The van der Waals surface area contributed by atoms with Crippen LogP contribution in [0.3, 0.4) is 0 Å². The van der Waals surface area contributed by atoms with Crippen LogP contribution in [-0.2, 0) is 0 Å². The Morgan fingerprint density at radius 3 is 1.93 bits per heavy atom. The van der Waals surface area contributed by atoms with Crippen LogP contribution in [0.5, 0.6) is 17.2 Å². The van der Waals surface area contributed by atoms with Gasteiger partial charge in [-0.3, -0.25) is 0 Å². The van der Waals surface area contributed by atoms with E-state index in [2.05, 4.69) is 11.8 Å². The fourth-order valence-corrected chi connectivity index (χ4v) is 3.10. The van der Waals surface area contributed by atoms with Gasteiger partial charge in [0.05, 0.1) is 32.8 Å². The average Bonchev–Trinajstić information content (AvgIpc) is 2.75. The average molecular weight is 393 g/mol. The second-order valence-corrected chi connectivity index (χ2v) is 6.50. The molecule has 3 rings (SSSR count). The van der Waals surface area contributed by atoms with Crippen molar-refractivity contribution in [2.45, 2.75) is 5.92 Å². The molecule has 0 heterocycles. The van der Waals surface area contributed by atoms with E-state index >= 15 is 0 Å². The normalized spacial score (nSPS) is 11.1. The van der Waals surface area contributed by atoms with Crippen LogP contribution in [0, 0.1) is 11.8 Å². The summed E-state index contributed by atoms with van der Waals surface area (Å²) in [5.41, 5.74) is 2.78. The van der Waals surface area contributed by atoms with Gasteiger partial charge in [-0.25, -0.2) is 0 Å². The summed E-state index contributed by atoms with van der Waals surface area (Å²) in [5, 5.41) is 0.673. The summed E-state index contributed by atoms with van der Waals surface area (Å²) in [5.74, 6) is 8.33. The zero-order valence-corrected chi connectivity index (χ0v) is 16.8. The molecular formula is C24H21ClO3. The lowest BCUT2D eigenvalue weighted by atomic mass is 9.89. The van der Waals surface area contributed by atoms with E-state index in [4.69, 9.17) is 25.8 Å². The Labute approximate surface area is 170 Å². The molecule has 28 heavy (non-hydrogen) atoms. The predicted molar refractivity (Wildman–Crippen MR) is 113 cm³/mol. The zero-order chi connectivity index (χ0) is 19.9. The van der Waals surface area contributed by atoms with Crippen molar-refractivity contribution in [2.75, 3.05) is 21.3 Å². The number of methoxy groups -OCH3 is 3. The third kappa shape index (κ3) is 4.42. The molecule has 1 atom stereocenters. The van der Waals surface area contributed by atoms with Crippen molar-refractivity contribution in [3.63, 3.8) is 0 Å². The maximum atomic E-state index is 6.09. The van der Waals surface area contributed by atoms with E-state index < -0.39 is 0 Å². The number of ether oxygens (including phenoxy) is 3. The van der Waals surface area contributed by atoms with Crippen molar-refractivity contribution in [3.8, 4) is 29.1 Å². The van der Waals surface area contributed by atoms with Gasteiger partial charge in [0.1, 0.15) is 17.2 Å². The summed E-state index contributed by atoms with van der Waals surface area (Å²) >= 11 is 6.09. The van der Waals surface area contributed by atoms with Crippen molar-refractivity contribution in [2.24, 2.45) is 0 Å². The molecule has 0 aliphatic carbocycles. The third-order valence-electron chi connectivity index (χ3n) is 4.38. The van der Waals surface area contributed by atoms with Gasteiger partial charge in [-0.1, -0.05) is 53.8 Å². The molecular weight excluding hydrogens is 372 g/mol. The maximum Gasteiger partial charge on any atom is 0.131 e. The van der Waals surface area contributed by atoms with Crippen LogP contribution in [0.15, 0.2) is 66.7 Å². The van der Waals surface area contributed by atoms with Gasteiger partial charge in [0.15, 0.2) is 0 Å². The van der Waals surface area contributed by atoms with E-state index in [1.54, 1.807) is 21.3 Å². The summed E-state index contributed by atoms with van der Waals surface area (Å²) in [6.07, 6.45) is 0. The van der Waals surface area contributed by atoms with Crippen molar-refractivity contribution >= 4 is 11.6 Å². The maximum absolute atomic E-state index is 6.09. The summed E-state index contributed by atoms with van der Waals surface area (Å²) in [4.78, 5) is 0. The molecule has 0 fully saturated rings. The minimum absolute atomic E-state index is 0.270. The first-order chi connectivity index (χ1) is 13.7. The highest BCUT2D eigenvalue weighted by Crippen LogP contribution is 2.41. The monoisotopic (exact) mass is 392 g/mol. The molecule has 0 amide bonds. The molecule has 0 bridgehead atoms. The summed E-state index contributed by atoms with van der Waals surface area (Å²) in [6, 6.07) is 21.2. The molecule has 0 saturated heterocycles. The quantitative estimate of drug-likeness (QED) is 0.533. The first-order valence-corrected chi connectivity index (χ1v) is 9.16. The third-order valence-corrected chi connectivity index (χ3v) is 4.63. The first kappa shape index (κ1) is 19.7. The van der Waals surface area contributed by atoms with Gasteiger partial charge in [0.25, 0.3) is 0 Å². The van der Waals surface area contributed by atoms with Crippen molar-refractivity contribution < 1.29 is 14.2 Å². The van der Waals surface area contributed by atoms with Crippen LogP contribution < -0.4 is 14.2 Å². The van der Waals surface area contributed by atoms with E-state index in [-0.39, 0.29) is 5.92 Å². The van der Waals surface area contributed by atoms with Crippen LogP contribution in [0.1, 0.15) is 22.6 Å². The van der Waals surface area contributed by atoms with E-state index in [0.717, 1.165) is 16.7 Å². The minimum Gasteiger partial charge on any atom is -0.496 e. The van der Waals surface area contributed by atoms with Gasteiger partial charge >= 0.3 is 0 Å². The summed E-state index contributed by atoms with van der Waals surface area (Å²) in [7, 11) is 4.86. The van der Waals surface area contributed by atoms with Gasteiger partial charge < -0.3 is 14.2 Å². The van der Waals surface area contributed by atoms with E-state index in [1.807, 2.05) is 66.7 Å². The lowest BCUT2D eigenvalue weighted by Crippen LogP contribution is -2.05. The first-order valence-electron chi connectivity index (χ1n) is 8.78. The molecule has 1 unspecified atom stereocenters. The topological polar surface area (TPSA) is 27.7 Å². The molecule has 0 spiro atoms. The number of halogens is 1. The van der Waals surface area contributed by atoms with E-state index in [9.17, 15) is 0 Å². The second-order valence-electron chi connectivity index (χ2n) is 6.07. The van der Waals surface area contributed by atoms with Crippen molar-refractivity contribution in [1.29, 1.82) is 0 Å². The number of rotatable bonds is 5. The molecule has 4 heteroatoms. The molecule has 3 aromatic rings. The predicted octanol–water partition coefficient (Wildman–Crippen LogP) is 5.55. The molecule has 142 valence electrons. The highest BCUT2D eigenvalue weighted by atomic mass is 35.5. The summed E-state index contributed by atoms with van der Waals surface area (Å²) in [6.45, 7) is 0. The highest BCUT2D eigenvalue weighted by molar-refractivity contribution is 6.30. The molecule has 0 aliphatic rings. The Morgan fingerprint density at radius 2 is 1.39 bits per heavy atom. The van der Waals surface area contributed by atoms with Gasteiger partial charge in [-0.15, -0.1) is 0 Å². The van der Waals surface area contributed by atoms with Crippen LogP contribution in [0.25, 0.3) is 0 Å². The van der Waals surface area contributed by atoms with Crippen LogP contribution in [0.4, 0.5) is 0 Å². The molecule has 0 radical (unpaired) electrons. The van der Waals surface area contributed by atoms with Gasteiger partial charge in [0, 0.05) is 22.7 Å². The van der Waals surface area contributed by atoms with Crippen LogP contribution in [-0.4, -0.2) is 21.3 Å². The Balaban J connectivity index is 2.19. The molecule has 0 aliphatic heterocycles.